The van der Waals surface area contributed by atoms with Crippen LogP contribution in [0.15, 0.2) is 41.2 Å². The van der Waals surface area contributed by atoms with Gasteiger partial charge in [-0.05, 0) is 54.9 Å². The number of halogens is 1. The lowest BCUT2D eigenvalue weighted by Gasteiger charge is -2.14. The van der Waals surface area contributed by atoms with Gasteiger partial charge in [-0.3, -0.25) is 9.59 Å². The molecular weight excluding hydrogens is 360 g/mol. The average Bonchev–Trinajstić information content (AvgIpc) is 3.41. The summed E-state index contributed by atoms with van der Waals surface area (Å²) in [5, 5.41) is 3.69. The van der Waals surface area contributed by atoms with Crippen molar-refractivity contribution in [2.45, 2.75) is 51.0 Å². The van der Waals surface area contributed by atoms with Crippen molar-refractivity contribution in [2.24, 2.45) is 0 Å². The van der Waals surface area contributed by atoms with Gasteiger partial charge in [0.05, 0.1) is 0 Å². The van der Waals surface area contributed by atoms with Crippen LogP contribution >= 0.6 is 11.6 Å². The molecule has 2 aliphatic rings. The summed E-state index contributed by atoms with van der Waals surface area (Å²) in [5.74, 6) is 0.468. The van der Waals surface area contributed by atoms with Gasteiger partial charge in [0, 0.05) is 34.3 Å². The summed E-state index contributed by atoms with van der Waals surface area (Å²) in [6.07, 6.45) is 6.36. The summed E-state index contributed by atoms with van der Waals surface area (Å²) in [7, 11) is 0. The highest BCUT2D eigenvalue weighted by Crippen LogP contribution is 2.38. The predicted molar refractivity (Wildman–Crippen MR) is 108 cm³/mol. The number of rotatable bonds is 5. The number of aryl methyl sites for hydroxylation is 1. The third-order valence-electron chi connectivity index (χ3n) is 5.39. The molecule has 0 unspecified atom stereocenters. The molecule has 1 aliphatic carbocycles. The molecule has 140 valence electrons. The monoisotopic (exact) mass is 382 g/mol. The van der Waals surface area contributed by atoms with Crippen molar-refractivity contribution in [3.63, 3.8) is 0 Å². The molecule has 0 radical (unpaired) electrons. The zero-order valence-electron chi connectivity index (χ0n) is 15.3. The summed E-state index contributed by atoms with van der Waals surface area (Å²) in [6.45, 7) is 2.07. The Morgan fingerprint density at radius 3 is 2.59 bits per heavy atom. The zero-order chi connectivity index (χ0) is 19.0. The third kappa shape index (κ3) is 3.86. The molecule has 1 atom stereocenters. The molecular formula is C22H23ClN2O2. The van der Waals surface area contributed by atoms with E-state index in [0.29, 0.717) is 17.4 Å². The molecule has 1 saturated carbocycles. The van der Waals surface area contributed by atoms with Crippen molar-refractivity contribution in [3.8, 4) is 0 Å². The summed E-state index contributed by atoms with van der Waals surface area (Å²) in [5.41, 5.74) is 4.52. The van der Waals surface area contributed by atoms with Crippen LogP contribution in [0.4, 0.5) is 0 Å². The maximum absolute atomic E-state index is 12.5. The SMILES string of the molecule is CCc1ccc(/C(=C/[C@H]2CCC(=O)N2)c2ccc(C3CC3)c(=O)[nH]2)cc1Cl. The molecule has 0 spiro atoms. The van der Waals surface area contributed by atoms with Gasteiger partial charge in [0.2, 0.25) is 5.91 Å². The molecule has 27 heavy (non-hydrogen) atoms. The normalized spacial score (nSPS) is 20.0. The van der Waals surface area contributed by atoms with Crippen LogP contribution in [0.25, 0.3) is 5.57 Å². The van der Waals surface area contributed by atoms with E-state index in [4.69, 9.17) is 11.6 Å². The maximum atomic E-state index is 12.5. The number of benzene rings is 1. The van der Waals surface area contributed by atoms with Gasteiger partial charge in [-0.2, -0.15) is 0 Å². The van der Waals surface area contributed by atoms with Gasteiger partial charge in [-0.25, -0.2) is 0 Å². The number of pyridine rings is 1. The largest absolute Gasteiger partial charge is 0.350 e. The first-order chi connectivity index (χ1) is 13.0. The molecule has 2 heterocycles. The highest BCUT2D eigenvalue weighted by atomic mass is 35.5. The molecule has 4 nitrogen and oxygen atoms in total. The van der Waals surface area contributed by atoms with Crippen molar-refractivity contribution < 1.29 is 4.79 Å². The van der Waals surface area contributed by atoms with Gasteiger partial charge >= 0.3 is 0 Å². The molecule has 1 aromatic heterocycles. The lowest BCUT2D eigenvalue weighted by molar-refractivity contribution is -0.119. The van der Waals surface area contributed by atoms with E-state index in [0.717, 1.165) is 53.6 Å². The molecule has 5 heteroatoms. The Bertz CT molecular complexity index is 973. The van der Waals surface area contributed by atoms with Crippen LogP contribution in [-0.4, -0.2) is 16.9 Å². The number of hydrogen-bond donors (Lipinski definition) is 2. The molecule has 1 amide bonds. The minimum absolute atomic E-state index is 0.0207. The van der Waals surface area contributed by atoms with Crippen LogP contribution < -0.4 is 10.9 Å². The lowest BCUT2D eigenvalue weighted by Crippen LogP contribution is -2.23. The van der Waals surface area contributed by atoms with E-state index in [2.05, 4.69) is 17.2 Å². The van der Waals surface area contributed by atoms with Gasteiger partial charge < -0.3 is 10.3 Å². The van der Waals surface area contributed by atoms with E-state index in [9.17, 15) is 9.59 Å². The van der Waals surface area contributed by atoms with Gasteiger partial charge in [0.15, 0.2) is 0 Å². The molecule has 1 aromatic carbocycles. The van der Waals surface area contributed by atoms with Crippen LogP contribution in [0.5, 0.6) is 0 Å². The van der Waals surface area contributed by atoms with Gasteiger partial charge in [0.1, 0.15) is 0 Å². The minimum atomic E-state index is -0.0382. The molecule has 2 aromatic rings. The Kier molecular flexibility index (Phi) is 4.92. The quantitative estimate of drug-likeness (QED) is 0.814. The third-order valence-corrected chi connectivity index (χ3v) is 5.74. The lowest BCUT2D eigenvalue weighted by atomic mass is 9.97. The molecule has 2 fully saturated rings. The van der Waals surface area contributed by atoms with Crippen molar-refractivity contribution in [1.29, 1.82) is 0 Å². The number of carbonyl (C=O) groups excluding carboxylic acids is 1. The second kappa shape index (κ2) is 7.35. The fraction of sp³-hybridized carbons (Fsp3) is 0.364. The molecule has 0 bridgehead atoms. The Hall–Kier alpha value is -2.33. The number of hydrogen-bond acceptors (Lipinski definition) is 2. The highest BCUT2D eigenvalue weighted by molar-refractivity contribution is 6.31. The Morgan fingerprint density at radius 2 is 2.00 bits per heavy atom. The Labute approximate surface area is 163 Å². The summed E-state index contributed by atoms with van der Waals surface area (Å²) in [4.78, 5) is 27.2. The summed E-state index contributed by atoms with van der Waals surface area (Å²) in [6, 6.07) is 9.86. The predicted octanol–water partition coefficient (Wildman–Crippen LogP) is 4.18. The second-order valence-corrected chi connectivity index (χ2v) is 7.79. The van der Waals surface area contributed by atoms with Crippen molar-refractivity contribution in [1.82, 2.24) is 10.3 Å². The number of aromatic nitrogens is 1. The maximum Gasteiger partial charge on any atom is 0.251 e. The topological polar surface area (TPSA) is 62.0 Å². The second-order valence-electron chi connectivity index (χ2n) is 7.38. The number of carbonyl (C=O) groups is 1. The fourth-order valence-electron chi connectivity index (χ4n) is 3.66. The summed E-state index contributed by atoms with van der Waals surface area (Å²) >= 11 is 6.44. The van der Waals surface area contributed by atoms with Crippen molar-refractivity contribution in [3.05, 3.63) is 74.2 Å². The van der Waals surface area contributed by atoms with E-state index in [1.165, 1.54) is 0 Å². The molecule has 1 saturated heterocycles. The van der Waals surface area contributed by atoms with E-state index in [1.807, 2.05) is 36.4 Å². The van der Waals surface area contributed by atoms with Crippen LogP contribution in [-0.2, 0) is 11.2 Å². The average molecular weight is 383 g/mol. The van der Waals surface area contributed by atoms with E-state index in [1.54, 1.807) is 0 Å². The van der Waals surface area contributed by atoms with E-state index < -0.39 is 0 Å². The fourth-order valence-corrected chi connectivity index (χ4v) is 3.98. The van der Waals surface area contributed by atoms with E-state index in [-0.39, 0.29) is 17.5 Å². The Balaban J connectivity index is 1.77. The molecule has 2 N–H and O–H groups in total. The van der Waals surface area contributed by atoms with Gasteiger partial charge in [-0.1, -0.05) is 42.8 Å². The standard InChI is InChI=1S/C22H23ClN2O2/c1-2-13-3-6-15(11-19(13)23)18(12-16-7-10-21(26)24-16)20-9-8-17(14-4-5-14)22(27)25-20/h3,6,8-9,11-12,14,16H,2,4-5,7,10H2,1H3,(H,24,26)(H,25,27)/b18-12-/t16-/m1/s1. The van der Waals surface area contributed by atoms with Crippen LogP contribution in [0.1, 0.15) is 60.9 Å². The minimum Gasteiger partial charge on any atom is -0.350 e. The first-order valence-electron chi connectivity index (χ1n) is 9.58. The number of nitrogens with one attached hydrogen (secondary N) is 2. The first-order valence-corrected chi connectivity index (χ1v) is 9.96. The highest BCUT2D eigenvalue weighted by Gasteiger charge is 2.26. The van der Waals surface area contributed by atoms with Gasteiger partial charge in [-0.15, -0.1) is 0 Å². The van der Waals surface area contributed by atoms with Crippen molar-refractivity contribution in [2.75, 3.05) is 0 Å². The number of H-pyrrole nitrogens is 1. The van der Waals surface area contributed by atoms with Crippen LogP contribution in [0, 0.1) is 0 Å². The number of amides is 1. The summed E-state index contributed by atoms with van der Waals surface area (Å²) < 4.78 is 0. The molecule has 1 aliphatic heterocycles. The van der Waals surface area contributed by atoms with Gasteiger partial charge in [0.25, 0.3) is 5.56 Å². The van der Waals surface area contributed by atoms with Crippen LogP contribution in [0.2, 0.25) is 5.02 Å². The Morgan fingerprint density at radius 1 is 1.19 bits per heavy atom. The first kappa shape index (κ1) is 18.1. The van der Waals surface area contributed by atoms with E-state index >= 15 is 0 Å². The smallest absolute Gasteiger partial charge is 0.251 e. The van der Waals surface area contributed by atoms with Crippen LogP contribution in [0.3, 0.4) is 0 Å². The zero-order valence-corrected chi connectivity index (χ0v) is 16.1. The van der Waals surface area contributed by atoms with Crippen molar-refractivity contribution >= 4 is 23.1 Å². The molecule has 4 rings (SSSR count). The number of aromatic amines is 1.